The third-order valence-electron chi connectivity index (χ3n) is 3.60. The van der Waals surface area contributed by atoms with E-state index >= 15 is 0 Å². The Balaban J connectivity index is 1.61. The highest BCUT2D eigenvalue weighted by atomic mass is 32.1. The number of carbonyl (C=O) groups excluding carboxylic acids is 1. The monoisotopic (exact) mass is 302 g/mol. The average molecular weight is 302 g/mol. The molecule has 0 radical (unpaired) electrons. The zero-order chi connectivity index (χ0) is 14.8. The Kier molecular flexibility index (Phi) is 3.92. The van der Waals surface area contributed by atoms with Gasteiger partial charge < -0.3 is 10.1 Å². The number of nitrogens with zero attached hydrogens (tertiary/aromatic N) is 1. The zero-order valence-corrected chi connectivity index (χ0v) is 13.0. The van der Waals surface area contributed by atoms with Crippen molar-refractivity contribution in [1.29, 1.82) is 0 Å². The minimum Gasteiger partial charge on any atom is -0.486 e. The Hall–Kier alpha value is -1.88. The molecular formula is C16H18N2O2S. The van der Waals surface area contributed by atoms with E-state index in [4.69, 9.17) is 4.74 Å². The molecule has 5 heteroatoms. The van der Waals surface area contributed by atoms with E-state index in [1.807, 2.05) is 19.1 Å². The third-order valence-corrected chi connectivity index (χ3v) is 4.43. The van der Waals surface area contributed by atoms with Gasteiger partial charge in [0.15, 0.2) is 0 Å². The Morgan fingerprint density at radius 2 is 2.24 bits per heavy atom. The smallest absolute Gasteiger partial charge is 0.270 e. The van der Waals surface area contributed by atoms with Crippen molar-refractivity contribution < 1.29 is 9.53 Å². The first-order valence-corrected chi connectivity index (χ1v) is 7.96. The first-order chi connectivity index (χ1) is 10.1. The van der Waals surface area contributed by atoms with Gasteiger partial charge in [-0.1, -0.05) is 12.1 Å². The quantitative estimate of drug-likeness (QED) is 0.922. The van der Waals surface area contributed by atoms with E-state index in [2.05, 4.69) is 23.3 Å². The standard InChI is InChI=1S/C16H18N2O2S/c1-10-4-3-5-14(11(10)2)20-8-15-18-13(9-21-15)16(19)17-12-6-7-12/h3-5,9,12H,6-8H2,1-2H3,(H,17,19). The van der Waals surface area contributed by atoms with Crippen LogP contribution in [0.3, 0.4) is 0 Å². The summed E-state index contributed by atoms with van der Waals surface area (Å²) in [6.07, 6.45) is 2.16. The molecule has 3 rings (SSSR count). The molecule has 2 aromatic rings. The van der Waals surface area contributed by atoms with Gasteiger partial charge in [-0.05, 0) is 43.9 Å². The molecule has 1 aromatic carbocycles. The van der Waals surface area contributed by atoms with Gasteiger partial charge in [0.05, 0.1) is 0 Å². The van der Waals surface area contributed by atoms with Crippen LogP contribution in [0.1, 0.15) is 39.5 Å². The normalized spacial score (nSPS) is 14.0. The molecule has 1 heterocycles. The van der Waals surface area contributed by atoms with E-state index in [0.29, 0.717) is 18.3 Å². The summed E-state index contributed by atoms with van der Waals surface area (Å²) >= 11 is 1.46. The van der Waals surface area contributed by atoms with Crippen LogP contribution in [0.25, 0.3) is 0 Å². The number of rotatable bonds is 5. The molecule has 1 saturated carbocycles. The number of hydrogen-bond acceptors (Lipinski definition) is 4. The summed E-state index contributed by atoms with van der Waals surface area (Å²) in [5, 5.41) is 5.55. The average Bonchev–Trinajstić information content (AvgIpc) is 3.15. The third kappa shape index (κ3) is 3.42. The van der Waals surface area contributed by atoms with Crippen LogP contribution >= 0.6 is 11.3 Å². The molecule has 1 amide bonds. The second-order valence-corrected chi connectivity index (χ2v) is 6.30. The summed E-state index contributed by atoms with van der Waals surface area (Å²) in [6.45, 7) is 4.50. The van der Waals surface area contributed by atoms with Crippen LogP contribution in [0.2, 0.25) is 0 Å². The second-order valence-electron chi connectivity index (χ2n) is 5.36. The highest BCUT2D eigenvalue weighted by molar-refractivity contribution is 7.09. The van der Waals surface area contributed by atoms with Crippen molar-refractivity contribution in [2.75, 3.05) is 0 Å². The lowest BCUT2D eigenvalue weighted by molar-refractivity contribution is 0.0946. The summed E-state index contributed by atoms with van der Waals surface area (Å²) < 4.78 is 5.81. The highest BCUT2D eigenvalue weighted by Gasteiger charge is 2.24. The second kappa shape index (κ2) is 5.85. The van der Waals surface area contributed by atoms with Crippen molar-refractivity contribution in [2.45, 2.75) is 39.3 Å². The van der Waals surface area contributed by atoms with E-state index in [9.17, 15) is 4.79 Å². The van der Waals surface area contributed by atoms with Crippen molar-refractivity contribution in [2.24, 2.45) is 0 Å². The Bertz CT molecular complexity index is 662. The number of nitrogens with one attached hydrogen (secondary N) is 1. The molecule has 0 unspecified atom stereocenters. The summed E-state index contributed by atoms with van der Waals surface area (Å²) in [7, 11) is 0. The predicted molar refractivity (Wildman–Crippen MR) is 82.9 cm³/mol. The maximum Gasteiger partial charge on any atom is 0.270 e. The first-order valence-electron chi connectivity index (χ1n) is 7.08. The van der Waals surface area contributed by atoms with E-state index in [-0.39, 0.29) is 5.91 Å². The van der Waals surface area contributed by atoms with Gasteiger partial charge >= 0.3 is 0 Å². The fraction of sp³-hybridized carbons (Fsp3) is 0.375. The van der Waals surface area contributed by atoms with E-state index in [0.717, 1.165) is 29.2 Å². The maximum atomic E-state index is 11.9. The van der Waals surface area contributed by atoms with Crippen LogP contribution in [-0.2, 0) is 6.61 Å². The number of carbonyl (C=O) groups is 1. The molecule has 1 aliphatic rings. The van der Waals surface area contributed by atoms with E-state index < -0.39 is 0 Å². The van der Waals surface area contributed by atoms with Gasteiger partial charge in [-0.2, -0.15) is 0 Å². The molecule has 0 aliphatic heterocycles. The Morgan fingerprint density at radius 3 is 3.00 bits per heavy atom. The molecule has 1 aromatic heterocycles. The van der Waals surface area contributed by atoms with Crippen molar-refractivity contribution in [1.82, 2.24) is 10.3 Å². The lowest BCUT2D eigenvalue weighted by atomic mass is 10.1. The maximum absolute atomic E-state index is 11.9. The van der Waals surface area contributed by atoms with Gasteiger partial charge in [0, 0.05) is 11.4 Å². The van der Waals surface area contributed by atoms with E-state index in [1.165, 1.54) is 16.9 Å². The van der Waals surface area contributed by atoms with Crippen molar-refractivity contribution >= 4 is 17.2 Å². The highest BCUT2D eigenvalue weighted by Crippen LogP contribution is 2.23. The fourth-order valence-electron chi connectivity index (χ4n) is 1.99. The first kappa shape index (κ1) is 14.1. The van der Waals surface area contributed by atoms with Crippen LogP contribution in [0.5, 0.6) is 5.75 Å². The molecule has 110 valence electrons. The molecule has 0 saturated heterocycles. The van der Waals surface area contributed by atoms with Crippen LogP contribution in [0.15, 0.2) is 23.6 Å². The number of amides is 1. The lowest BCUT2D eigenvalue weighted by Crippen LogP contribution is -2.25. The van der Waals surface area contributed by atoms with E-state index in [1.54, 1.807) is 5.38 Å². The molecule has 0 bridgehead atoms. The van der Waals surface area contributed by atoms with Gasteiger partial charge in [-0.15, -0.1) is 11.3 Å². The van der Waals surface area contributed by atoms with Crippen molar-refractivity contribution in [3.05, 3.63) is 45.4 Å². The van der Waals surface area contributed by atoms with Gasteiger partial charge in [-0.3, -0.25) is 4.79 Å². The number of aromatic nitrogens is 1. The predicted octanol–water partition coefficient (Wildman–Crippen LogP) is 3.23. The molecule has 1 N–H and O–H groups in total. The van der Waals surface area contributed by atoms with Crippen LogP contribution in [0, 0.1) is 13.8 Å². The summed E-state index contributed by atoms with van der Waals surface area (Å²) in [4.78, 5) is 16.2. The molecule has 0 atom stereocenters. The molecule has 0 spiro atoms. The number of aryl methyl sites for hydroxylation is 1. The van der Waals surface area contributed by atoms with Gasteiger partial charge in [0.2, 0.25) is 0 Å². The number of ether oxygens (including phenoxy) is 1. The number of benzene rings is 1. The number of thiazole rings is 1. The van der Waals surface area contributed by atoms with Crippen LogP contribution < -0.4 is 10.1 Å². The minimum atomic E-state index is -0.0771. The molecule has 1 fully saturated rings. The van der Waals surface area contributed by atoms with Crippen LogP contribution in [0.4, 0.5) is 0 Å². The fourth-order valence-corrected chi connectivity index (χ4v) is 2.67. The van der Waals surface area contributed by atoms with Gasteiger partial charge in [0.25, 0.3) is 5.91 Å². The van der Waals surface area contributed by atoms with Crippen LogP contribution in [-0.4, -0.2) is 16.9 Å². The SMILES string of the molecule is Cc1cccc(OCc2nc(C(=O)NC3CC3)cs2)c1C. The van der Waals surface area contributed by atoms with Gasteiger partial charge in [-0.25, -0.2) is 4.98 Å². The molecule has 4 nitrogen and oxygen atoms in total. The van der Waals surface area contributed by atoms with Crippen molar-refractivity contribution in [3.8, 4) is 5.75 Å². The Morgan fingerprint density at radius 1 is 1.43 bits per heavy atom. The number of hydrogen-bond donors (Lipinski definition) is 1. The molecule has 21 heavy (non-hydrogen) atoms. The Labute approximate surface area is 128 Å². The summed E-state index contributed by atoms with van der Waals surface area (Å²) in [6, 6.07) is 6.35. The van der Waals surface area contributed by atoms with Crippen molar-refractivity contribution in [3.63, 3.8) is 0 Å². The topological polar surface area (TPSA) is 51.2 Å². The van der Waals surface area contributed by atoms with Gasteiger partial charge in [0.1, 0.15) is 23.1 Å². The summed E-state index contributed by atoms with van der Waals surface area (Å²) in [5.74, 6) is 0.793. The largest absolute Gasteiger partial charge is 0.486 e. The lowest BCUT2D eigenvalue weighted by Gasteiger charge is -2.09. The zero-order valence-electron chi connectivity index (χ0n) is 12.2. The molecule has 1 aliphatic carbocycles. The minimum absolute atomic E-state index is 0.0771. The summed E-state index contributed by atoms with van der Waals surface area (Å²) in [5.41, 5.74) is 2.84. The molecular weight excluding hydrogens is 284 g/mol.